The highest BCUT2D eigenvalue weighted by Crippen LogP contribution is 2.37. The SMILES string of the molecule is C=C(C)C(=O)CC(C)(C)C(C)(C)OC(C)=O. The van der Waals surface area contributed by atoms with E-state index in [4.69, 9.17) is 4.74 Å². The molecular formula is C13H22O3. The van der Waals surface area contributed by atoms with Gasteiger partial charge in [0.25, 0.3) is 0 Å². The molecule has 0 heterocycles. The lowest BCUT2D eigenvalue weighted by atomic mass is 9.73. The Morgan fingerprint density at radius 2 is 1.56 bits per heavy atom. The molecule has 3 nitrogen and oxygen atoms in total. The van der Waals surface area contributed by atoms with Gasteiger partial charge in [0, 0.05) is 18.8 Å². The Morgan fingerprint density at radius 1 is 1.12 bits per heavy atom. The van der Waals surface area contributed by atoms with E-state index < -0.39 is 11.0 Å². The smallest absolute Gasteiger partial charge is 0.303 e. The van der Waals surface area contributed by atoms with Crippen LogP contribution in [-0.2, 0) is 14.3 Å². The van der Waals surface area contributed by atoms with Crippen molar-refractivity contribution in [2.45, 2.75) is 53.6 Å². The molecule has 0 spiro atoms. The molecule has 0 aromatic heterocycles. The zero-order valence-corrected chi connectivity index (χ0v) is 11.1. The molecule has 3 heteroatoms. The van der Waals surface area contributed by atoms with Crippen LogP contribution < -0.4 is 0 Å². The Labute approximate surface area is 97.9 Å². The van der Waals surface area contributed by atoms with Gasteiger partial charge in [-0.05, 0) is 26.3 Å². The maximum atomic E-state index is 11.7. The maximum Gasteiger partial charge on any atom is 0.303 e. The molecule has 0 saturated carbocycles. The van der Waals surface area contributed by atoms with Crippen LogP contribution >= 0.6 is 0 Å². The molecule has 0 unspecified atom stereocenters. The number of ether oxygens (including phenoxy) is 1. The van der Waals surface area contributed by atoms with Crippen LogP contribution in [0.1, 0.15) is 48.0 Å². The molecule has 92 valence electrons. The predicted molar refractivity (Wildman–Crippen MR) is 64.1 cm³/mol. The van der Waals surface area contributed by atoms with Gasteiger partial charge in [-0.25, -0.2) is 0 Å². The lowest BCUT2D eigenvalue weighted by Gasteiger charge is -2.40. The van der Waals surface area contributed by atoms with E-state index >= 15 is 0 Å². The monoisotopic (exact) mass is 226 g/mol. The summed E-state index contributed by atoms with van der Waals surface area (Å²) in [6.45, 7) is 14.2. The quantitative estimate of drug-likeness (QED) is 0.534. The Morgan fingerprint density at radius 3 is 1.88 bits per heavy atom. The van der Waals surface area contributed by atoms with Gasteiger partial charge in [-0.3, -0.25) is 9.59 Å². The molecule has 0 atom stereocenters. The number of carbonyl (C=O) groups excluding carboxylic acids is 2. The highest BCUT2D eigenvalue weighted by atomic mass is 16.6. The lowest BCUT2D eigenvalue weighted by Crippen LogP contribution is -2.44. The highest BCUT2D eigenvalue weighted by Gasteiger charge is 2.41. The van der Waals surface area contributed by atoms with Crippen molar-refractivity contribution in [3.05, 3.63) is 12.2 Å². The molecule has 0 aromatic carbocycles. The van der Waals surface area contributed by atoms with Crippen LogP contribution in [0.15, 0.2) is 12.2 Å². The molecule has 0 bridgehead atoms. The lowest BCUT2D eigenvalue weighted by molar-refractivity contribution is -0.167. The number of Topliss-reactive ketones (excluding diaryl/α,β-unsaturated/α-hetero) is 1. The van der Waals surface area contributed by atoms with Gasteiger partial charge in [0.15, 0.2) is 5.78 Å². The number of allylic oxidation sites excluding steroid dienone is 1. The fourth-order valence-corrected chi connectivity index (χ4v) is 1.26. The van der Waals surface area contributed by atoms with Crippen molar-refractivity contribution < 1.29 is 14.3 Å². The van der Waals surface area contributed by atoms with Gasteiger partial charge in [0.2, 0.25) is 0 Å². The molecule has 0 aliphatic rings. The molecule has 0 aliphatic heterocycles. The number of hydrogen-bond acceptors (Lipinski definition) is 3. The number of esters is 1. The van der Waals surface area contributed by atoms with Crippen LogP contribution in [-0.4, -0.2) is 17.4 Å². The number of carbonyl (C=O) groups is 2. The molecular weight excluding hydrogens is 204 g/mol. The van der Waals surface area contributed by atoms with Crippen molar-refractivity contribution in [3.63, 3.8) is 0 Å². The average Bonchev–Trinajstić information content (AvgIpc) is 1.99. The Kier molecular flexibility index (Phi) is 4.47. The van der Waals surface area contributed by atoms with Crippen LogP contribution in [0.25, 0.3) is 0 Å². The molecule has 0 aromatic rings. The first kappa shape index (κ1) is 14.9. The van der Waals surface area contributed by atoms with Crippen molar-refractivity contribution in [3.8, 4) is 0 Å². The third-order valence-corrected chi connectivity index (χ3v) is 3.11. The van der Waals surface area contributed by atoms with E-state index in [-0.39, 0.29) is 11.8 Å². The molecule has 0 N–H and O–H groups in total. The molecule has 0 aliphatic carbocycles. The molecule has 16 heavy (non-hydrogen) atoms. The Bertz CT molecular complexity index is 311. The summed E-state index contributed by atoms with van der Waals surface area (Å²) in [4.78, 5) is 22.7. The predicted octanol–water partition coefficient (Wildman–Crippen LogP) is 2.89. The normalized spacial score (nSPS) is 12.1. The van der Waals surface area contributed by atoms with Crippen LogP contribution in [0.4, 0.5) is 0 Å². The standard InChI is InChI=1S/C13H22O3/c1-9(2)11(15)8-12(4,5)13(6,7)16-10(3)14/h1,8H2,2-7H3. The fourth-order valence-electron chi connectivity index (χ4n) is 1.26. The Balaban J connectivity index is 4.82. The van der Waals surface area contributed by atoms with Gasteiger partial charge in [0.05, 0.1) is 0 Å². The minimum absolute atomic E-state index is 0.00484. The van der Waals surface area contributed by atoms with Crippen molar-refractivity contribution in [2.75, 3.05) is 0 Å². The van der Waals surface area contributed by atoms with Crippen molar-refractivity contribution in [1.82, 2.24) is 0 Å². The van der Waals surface area contributed by atoms with E-state index in [1.807, 2.05) is 27.7 Å². The van der Waals surface area contributed by atoms with E-state index in [9.17, 15) is 9.59 Å². The maximum absolute atomic E-state index is 11.7. The third kappa shape index (κ3) is 3.80. The summed E-state index contributed by atoms with van der Waals surface area (Å²) < 4.78 is 5.26. The van der Waals surface area contributed by atoms with Crippen LogP contribution in [0.5, 0.6) is 0 Å². The molecule has 0 amide bonds. The molecule has 0 radical (unpaired) electrons. The largest absolute Gasteiger partial charge is 0.459 e. The fraction of sp³-hybridized carbons (Fsp3) is 0.692. The topological polar surface area (TPSA) is 43.4 Å². The summed E-state index contributed by atoms with van der Waals surface area (Å²) in [5.41, 5.74) is -0.565. The first-order valence-electron chi connectivity index (χ1n) is 5.38. The second-order valence-corrected chi connectivity index (χ2v) is 5.37. The number of ketones is 1. The first-order valence-corrected chi connectivity index (χ1v) is 5.38. The minimum atomic E-state index is -0.677. The summed E-state index contributed by atoms with van der Waals surface area (Å²) in [5.74, 6) is -0.328. The van der Waals surface area contributed by atoms with Crippen LogP contribution in [0, 0.1) is 5.41 Å². The van der Waals surface area contributed by atoms with Crippen LogP contribution in [0.2, 0.25) is 0 Å². The van der Waals surface area contributed by atoms with Gasteiger partial charge < -0.3 is 4.74 Å². The summed E-state index contributed by atoms with van der Waals surface area (Å²) >= 11 is 0. The van der Waals surface area contributed by atoms with E-state index in [1.165, 1.54) is 6.92 Å². The summed E-state index contributed by atoms with van der Waals surface area (Å²) in [7, 11) is 0. The van der Waals surface area contributed by atoms with Gasteiger partial charge >= 0.3 is 5.97 Å². The van der Waals surface area contributed by atoms with E-state index in [1.54, 1.807) is 6.92 Å². The van der Waals surface area contributed by atoms with E-state index in [0.717, 1.165) is 0 Å². The first-order chi connectivity index (χ1) is 6.99. The summed E-state index contributed by atoms with van der Waals surface area (Å²) in [6.07, 6.45) is 0.322. The number of hydrogen-bond donors (Lipinski definition) is 0. The van der Waals surface area contributed by atoms with Crippen molar-refractivity contribution in [1.29, 1.82) is 0 Å². The molecule has 0 saturated heterocycles. The van der Waals surface area contributed by atoms with Crippen LogP contribution in [0.3, 0.4) is 0 Å². The summed E-state index contributed by atoms with van der Waals surface area (Å²) in [6, 6.07) is 0. The summed E-state index contributed by atoms with van der Waals surface area (Å²) in [5, 5.41) is 0. The van der Waals surface area contributed by atoms with Crippen molar-refractivity contribution in [2.24, 2.45) is 5.41 Å². The second kappa shape index (κ2) is 4.81. The second-order valence-electron chi connectivity index (χ2n) is 5.37. The molecule has 0 fully saturated rings. The zero-order chi connectivity index (χ0) is 13.1. The third-order valence-electron chi connectivity index (χ3n) is 3.11. The van der Waals surface area contributed by atoms with E-state index in [2.05, 4.69) is 6.58 Å². The van der Waals surface area contributed by atoms with E-state index in [0.29, 0.717) is 12.0 Å². The van der Waals surface area contributed by atoms with Gasteiger partial charge in [-0.1, -0.05) is 20.4 Å². The minimum Gasteiger partial charge on any atom is -0.459 e. The van der Waals surface area contributed by atoms with Gasteiger partial charge in [0.1, 0.15) is 5.60 Å². The van der Waals surface area contributed by atoms with Crippen molar-refractivity contribution >= 4 is 11.8 Å². The van der Waals surface area contributed by atoms with Gasteiger partial charge in [-0.2, -0.15) is 0 Å². The van der Waals surface area contributed by atoms with Gasteiger partial charge in [-0.15, -0.1) is 0 Å². The highest BCUT2D eigenvalue weighted by molar-refractivity contribution is 5.94. The average molecular weight is 226 g/mol. The Hall–Kier alpha value is -1.12. The number of rotatable bonds is 5. The molecule has 0 rings (SSSR count). The zero-order valence-electron chi connectivity index (χ0n) is 11.1.